The summed E-state index contributed by atoms with van der Waals surface area (Å²) < 4.78 is 0. The number of likely N-dealkylation sites (tertiary alicyclic amines) is 1. The average Bonchev–Trinajstić information content (AvgIpc) is 2.46. The van der Waals surface area contributed by atoms with Gasteiger partial charge in [-0.3, -0.25) is 4.79 Å². The highest BCUT2D eigenvalue weighted by molar-refractivity contribution is 5.97. The predicted molar refractivity (Wildman–Crippen MR) is 78.0 cm³/mol. The van der Waals surface area contributed by atoms with E-state index < -0.39 is 0 Å². The number of hydrogen-bond donors (Lipinski definition) is 2. The second-order valence-corrected chi connectivity index (χ2v) is 5.36. The van der Waals surface area contributed by atoms with Gasteiger partial charge in [-0.15, -0.1) is 0 Å². The van der Waals surface area contributed by atoms with Gasteiger partial charge in [0.15, 0.2) is 0 Å². The van der Waals surface area contributed by atoms with Gasteiger partial charge in [-0.2, -0.15) is 0 Å². The molecule has 0 radical (unpaired) electrons. The Kier molecular flexibility index (Phi) is 4.27. The van der Waals surface area contributed by atoms with Crippen LogP contribution in [0, 0.1) is 19.8 Å². The van der Waals surface area contributed by atoms with Crippen LogP contribution >= 0.6 is 0 Å². The molecule has 0 atom stereocenters. The van der Waals surface area contributed by atoms with Crippen LogP contribution < -0.4 is 5.73 Å². The van der Waals surface area contributed by atoms with E-state index in [0.29, 0.717) is 13.1 Å². The zero-order chi connectivity index (χ0) is 14.7. The number of amides is 1. The first-order chi connectivity index (χ1) is 9.54. The zero-order valence-corrected chi connectivity index (χ0v) is 12.0. The van der Waals surface area contributed by atoms with Crippen molar-refractivity contribution in [1.29, 1.82) is 0 Å². The summed E-state index contributed by atoms with van der Waals surface area (Å²) in [6, 6.07) is 5.89. The summed E-state index contributed by atoms with van der Waals surface area (Å²) in [4.78, 5) is 14.5. The summed E-state index contributed by atoms with van der Waals surface area (Å²) in [5.41, 5.74) is 8.44. The van der Waals surface area contributed by atoms with Crippen molar-refractivity contribution in [3.8, 4) is 0 Å². The fraction of sp³-hybridized carbons (Fsp3) is 0.467. The highest BCUT2D eigenvalue weighted by Gasteiger charge is 2.27. The Morgan fingerprint density at radius 3 is 2.35 bits per heavy atom. The van der Waals surface area contributed by atoms with Crippen LogP contribution in [0.5, 0.6) is 0 Å². The molecule has 5 heteroatoms. The van der Waals surface area contributed by atoms with Crippen molar-refractivity contribution in [1.82, 2.24) is 4.90 Å². The van der Waals surface area contributed by atoms with Crippen LogP contribution in [0.25, 0.3) is 0 Å². The number of benzene rings is 1. The normalized spacial score (nSPS) is 17.3. The maximum absolute atomic E-state index is 12.6. The van der Waals surface area contributed by atoms with Gasteiger partial charge in [-0.25, -0.2) is 0 Å². The number of hydrogen-bond acceptors (Lipinski definition) is 3. The number of amidine groups is 1. The maximum atomic E-state index is 12.6. The van der Waals surface area contributed by atoms with Crippen molar-refractivity contribution in [3.63, 3.8) is 0 Å². The van der Waals surface area contributed by atoms with Crippen molar-refractivity contribution in [3.05, 3.63) is 34.9 Å². The van der Waals surface area contributed by atoms with Crippen molar-refractivity contribution < 1.29 is 10.0 Å². The van der Waals surface area contributed by atoms with Gasteiger partial charge in [-0.05, 0) is 37.8 Å². The molecule has 1 aliphatic heterocycles. The molecule has 0 aromatic heterocycles. The van der Waals surface area contributed by atoms with Crippen molar-refractivity contribution in [2.45, 2.75) is 26.7 Å². The minimum atomic E-state index is 0.0713. The van der Waals surface area contributed by atoms with Gasteiger partial charge in [-0.1, -0.05) is 23.4 Å². The number of piperidine rings is 1. The van der Waals surface area contributed by atoms with Crippen LogP contribution in [0.4, 0.5) is 0 Å². The molecule has 1 fully saturated rings. The molecule has 108 valence electrons. The minimum Gasteiger partial charge on any atom is -0.409 e. The zero-order valence-electron chi connectivity index (χ0n) is 12.0. The lowest BCUT2D eigenvalue weighted by Gasteiger charge is -2.32. The molecular formula is C15H21N3O2. The van der Waals surface area contributed by atoms with Gasteiger partial charge >= 0.3 is 0 Å². The number of carbonyl (C=O) groups is 1. The average molecular weight is 275 g/mol. The van der Waals surface area contributed by atoms with Crippen molar-refractivity contribution in [2.75, 3.05) is 13.1 Å². The Morgan fingerprint density at radius 1 is 1.30 bits per heavy atom. The van der Waals surface area contributed by atoms with Crippen LogP contribution in [0.2, 0.25) is 0 Å². The van der Waals surface area contributed by atoms with E-state index in [9.17, 15) is 4.79 Å². The fourth-order valence-corrected chi connectivity index (χ4v) is 2.77. The van der Waals surface area contributed by atoms with E-state index in [0.717, 1.165) is 29.5 Å². The van der Waals surface area contributed by atoms with Crippen LogP contribution in [0.15, 0.2) is 23.4 Å². The monoisotopic (exact) mass is 275 g/mol. The molecule has 0 unspecified atom stereocenters. The quantitative estimate of drug-likeness (QED) is 0.374. The number of carbonyl (C=O) groups excluding carboxylic acids is 1. The highest BCUT2D eigenvalue weighted by atomic mass is 16.4. The van der Waals surface area contributed by atoms with E-state index in [2.05, 4.69) is 5.16 Å². The Hall–Kier alpha value is -2.04. The largest absolute Gasteiger partial charge is 0.409 e. The molecule has 1 saturated heterocycles. The number of rotatable bonds is 2. The summed E-state index contributed by atoms with van der Waals surface area (Å²) in [5, 5.41) is 11.8. The molecular weight excluding hydrogens is 254 g/mol. The Morgan fingerprint density at radius 2 is 1.85 bits per heavy atom. The molecule has 1 aromatic rings. The molecule has 0 saturated carbocycles. The Labute approximate surface area is 119 Å². The topological polar surface area (TPSA) is 78.9 Å². The van der Waals surface area contributed by atoms with E-state index in [1.165, 1.54) is 0 Å². The van der Waals surface area contributed by atoms with Crippen LogP contribution in [-0.4, -0.2) is 34.9 Å². The van der Waals surface area contributed by atoms with E-state index in [-0.39, 0.29) is 17.7 Å². The standard InChI is InChI=1S/C15H21N3O2/c1-10-4-3-5-11(2)13(10)15(19)18-8-6-12(7-9-18)14(16)17-20/h3-5,12,20H,6-9H2,1-2H3,(H2,16,17). The summed E-state index contributed by atoms with van der Waals surface area (Å²) in [6.45, 7) is 5.22. The van der Waals surface area contributed by atoms with E-state index in [1.54, 1.807) is 0 Å². The lowest BCUT2D eigenvalue weighted by molar-refractivity contribution is 0.0707. The Bertz CT molecular complexity index is 512. The van der Waals surface area contributed by atoms with Gasteiger partial charge in [0.2, 0.25) is 0 Å². The third kappa shape index (κ3) is 2.76. The second kappa shape index (κ2) is 5.94. The molecule has 1 aromatic carbocycles. The molecule has 0 spiro atoms. The lowest BCUT2D eigenvalue weighted by atomic mass is 9.94. The first kappa shape index (κ1) is 14.4. The van der Waals surface area contributed by atoms with Gasteiger partial charge in [0, 0.05) is 24.6 Å². The van der Waals surface area contributed by atoms with Gasteiger partial charge < -0.3 is 15.8 Å². The summed E-state index contributed by atoms with van der Waals surface area (Å²) in [7, 11) is 0. The first-order valence-electron chi connectivity index (χ1n) is 6.87. The summed E-state index contributed by atoms with van der Waals surface area (Å²) >= 11 is 0. The first-order valence-corrected chi connectivity index (χ1v) is 6.87. The molecule has 20 heavy (non-hydrogen) atoms. The van der Waals surface area contributed by atoms with Gasteiger partial charge in [0.1, 0.15) is 5.84 Å². The summed E-state index contributed by atoms with van der Waals surface area (Å²) in [6.07, 6.45) is 1.49. The number of aryl methyl sites for hydroxylation is 2. The molecule has 2 rings (SSSR count). The van der Waals surface area contributed by atoms with Crippen molar-refractivity contribution >= 4 is 11.7 Å². The molecule has 1 heterocycles. The minimum absolute atomic E-state index is 0.0713. The van der Waals surface area contributed by atoms with Crippen LogP contribution in [0.1, 0.15) is 34.3 Å². The van der Waals surface area contributed by atoms with Crippen LogP contribution in [-0.2, 0) is 0 Å². The predicted octanol–water partition coefficient (Wildman–Crippen LogP) is 1.90. The van der Waals surface area contributed by atoms with Gasteiger partial charge in [0.25, 0.3) is 5.91 Å². The maximum Gasteiger partial charge on any atom is 0.254 e. The number of nitrogens with two attached hydrogens (primary N) is 1. The van der Waals surface area contributed by atoms with Crippen LogP contribution in [0.3, 0.4) is 0 Å². The highest BCUT2D eigenvalue weighted by Crippen LogP contribution is 2.22. The van der Waals surface area contributed by atoms with Crippen molar-refractivity contribution in [2.24, 2.45) is 16.8 Å². The number of nitrogens with zero attached hydrogens (tertiary/aromatic N) is 2. The fourth-order valence-electron chi connectivity index (χ4n) is 2.77. The molecule has 3 N–H and O–H groups in total. The summed E-state index contributed by atoms with van der Waals surface area (Å²) in [5.74, 6) is 0.421. The molecule has 0 bridgehead atoms. The smallest absolute Gasteiger partial charge is 0.254 e. The Balaban J connectivity index is 2.09. The second-order valence-electron chi connectivity index (χ2n) is 5.36. The SMILES string of the molecule is Cc1cccc(C)c1C(=O)N1CCC(/C(N)=N/O)CC1. The van der Waals surface area contributed by atoms with E-state index >= 15 is 0 Å². The molecule has 1 amide bonds. The third-order valence-corrected chi connectivity index (χ3v) is 4.01. The third-order valence-electron chi connectivity index (χ3n) is 4.01. The van der Waals surface area contributed by atoms with E-state index in [1.807, 2.05) is 36.9 Å². The molecule has 5 nitrogen and oxygen atoms in total. The lowest BCUT2D eigenvalue weighted by Crippen LogP contribution is -2.42. The molecule has 1 aliphatic rings. The molecule has 0 aliphatic carbocycles. The number of oxime groups is 1. The van der Waals surface area contributed by atoms with E-state index in [4.69, 9.17) is 10.9 Å². The van der Waals surface area contributed by atoms with Gasteiger partial charge in [0.05, 0.1) is 0 Å².